The molecule has 6 atom stereocenters. The van der Waals surface area contributed by atoms with Crippen LogP contribution in [0.4, 0.5) is 0 Å². The van der Waals surface area contributed by atoms with Crippen molar-refractivity contribution < 1.29 is 80.2 Å². The smallest absolute Gasteiger partial charge is 0.462 e. The molecule has 0 amide bonds. The Balaban J connectivity index is 5.23. The maximum absolute atomic E-state index is 13.1. The number of hydrogen-bond acceptors (Lipinski definition) is 15. The molecule has 0 aliphatic carbocycles. The van der Waals surface area contributed by atoms with Crippen LogP contribution in [0.1, 0.15) is 415 Å². The van der Waals surface area contributed by atoms with E-state index in [0.29, 0.717) is 31.6 Å². The van der Waals surface area contributed by atoms with Crippen LogP contribution in [0.15, 0.2) is 0 Å². The minimum atomic E-state index is -4.96. The van der Waals surface area contributed by atoms with Gasteiger partial charge in [-0.3, -0.25) is 37.3 Å². The Labute approximate surface area is 613 Å². The largest absolute Gasteiger partial charge is 0.472 e. The zero-order valence-electron chi connectivity index (χ0n) is 65.8. The van der Waals surface area contributed by atoms with Gasteiger partial charge in [-0.05, 0) is 49.4 Å². The monoisotopic (exact) mass is 1470 g/mol. The van der Waals surface area contributed by atoms with Gasteiger partial charge in [0.05, 0.1) is 26.4 Å². The number of rotatable bonds is 78. The van der Waals surface area contributed by atoms with E-state index in [2.05, 4.69) is 55.4 Å². The predicted molar refractivity (Wildman–Crippen MR) is 409 cm³/mol. The zero-order valence-corrected chi connectivity index (χ0v) is 67.6. The summed E-state index contributed by atoms with van der Waals surface area (Å²) in [6.45, 7) is 14.3. The Kier molecular flexibility index (Phi) is 68.7. The lowest BCUT2D eigenvalue weighted by Gasteiger charge is -2.21. The van der Waals surface area contributed by atoms with Gasteiger partial charge in [0.15, 0.2) is 12.2 Å². The first-order valence-corrected chi connectivity index (χ1v) is 44.7. The maximum atomic E-state index is 13.1. The SMILES string of the molecule is CCC(C)CCCCCCCCCCCCCCCCC(=O)OC[C@H](COP(=O)(O)OC[C@@H](O)COP(=O)(O)OC[C@@H](COC(=O)CCCCCCCCC(C)C)OC(=O)CCCCCCCCCCCCCCCC(C)C)OC(=O)CCCCCCCCCCCCCCCCC(C)C. The number of carbonyl (C=O) groups excluding carboxylic acids is 4. The first kappa shape index (κ1) is 98.1. The van der Waals surface area contributed by atoms with Gasteiger partial charge < -0.3 is 33.8 Å². The van der Waals surface area contributed by atoms with Crippen molar-refractivity contribution in [2.24, 2.45) is 23.7 Å². The van der Waals surface area contributed by atoms with Gasteiger partial charge in [0, 0.05) is 25.7 Å². The molecule has 100 heavy (non-hydrogen) atoms. The minimum absolute atomic E-state index is 0.106. The number of unbranched alkanes of at least 4 members (excludes halogenated alkanes) is 43. The Morgan fingerprint density at radius 3 is 0.710 bits per heavy atom. The van der Waals surface area contributed by atoms with Crippen LogP contribution >= 0.6 is 15.6 Å². The number of esters is 4. The van der Waals surface area contributed by atoms with Gasteiger partial charge in [0.1, 0.15) is 19.3 Å². The molecule has 0 heterocycles. The van der Waals surface area contributed by atoms with Gasteiger partial charge in [-0.2, -0.15) is 0 Å². The molecule has 17 nitrogen and oxygen atoms in total. The molecule has 594 valence electrons. The minimum Gasteiger partial charge on any atom is -0.462 e. The highest BCUT2D eigenvalue weighted by atomic mass is 31.2. The third-order valence-electron chi connectivity index (χ3n) is 19.2. The van der Waals surface area contributed by atoms with E-state index >= 15 is 0 Å². The van der Waals surface area contributed by atoms with Crippen LogP contribution in [-0.4, -0.2) is 96.7 Å². The fourth-order valence-electron chi connectivity index (χ4n) is 12.4. The number of aliphatic hydroxyl groups is 1. The van der Waals surface area contributed by atoms with Gasteiger partial charge in [-0.15, -0.1) is 0 Å². The highest BCUT2D eigenvalue weighted by Crippen LogP contribution is 2.45. The van der Waals surface area contributed by atoms with Crippen LogP contribution in [-0.2, 0) is 65.4 Å². The standard InChI is InChI=1S/C81H158O17P2/c1-9-74(8)60-52-44-35-29-23-17-11-13-18-24-30-36-45-53-61-78(83)91-67-76(97-80(85)63-55-47-37-31-25-19-12-10-15-21-27-33-41-49-57-71(2)3)69-95-99(87,88)93-65-75(82)66-94-100(89,90)96-70-77(68-92-79(84)62-54-46-40-39-43-51-59-73(6)7)98-81(86)64-56-48-38-32-26-20-14-16-22-28-34-42-50-58-72(4)5/h71-77,82H,9-70H2,1-8H3,(H,87,88)(H,89,90)/t74?,75-,76-,77-/m1/s1. The number of ether oxygens (including phenoxy) is 4. The molecule has 0 saturated heterocycles. The number of hydrogen-bond donors (Lipinski definition) is 3. The molecule has 3 unspecified atom stereocenters. The van der Waals surface area contributed by atoms with E-state index in [0.717, 1.165) is 114 Å². The fourth-order valence-corrected chi connectivity index (χ4v) is 14.0. The van der Waals surface area contributed by atoms with Crippen LogP contribution in [0.25, 0.3) is 0 Å². The van der Waals surface area contributed by atoms with E-state index in [1.54, 1.807) is 0 Å². The van der Waals surface area contributed by atoms with Crippen molar-refractivity contribution in [3.63, 3.8) is 0 Å². The van der Waals surface area contributed by atoms with Gasteiger partial charge in [-0.1, -0.05) is 364 Å². The van der Waals surface area contributed by atoms with Crippen molar-refractivity contribution in [3.05, 3.63) is 0 Å². The highest BCUT2D eigenvalue weighted by molar-refractivity contribution is 7.47. The lowest BCUT2D eigenvalue weighted by atomic mass is 9.99. The van der Waals surface area contributed by atoms with E-state index in [1.807, 2.05) is 0 Å². The number of carbonyl (C=O) groups is 4. The van der Waals surface area contributed by atoms with E-state index in [4.69, 9.17) is 37.0 Å². The van der Waals surface area contributed by atoms with Crippen molar-refractivity contribution in [1.29, 1.82) is 0 Å². The molecule has 3 N–H and O–H groups in total. The summed E-state index contributed by atoms with van der Waals surface area (Å²) in [5.41, 5.74) is 0. The molecule has 0 saturated carbocycles. The van der Waals surface area contributed by atoms with Gasteiger partial charge in [0.2, 0.25) is 0 Å². The molecule has 0 aromatic rings. The predicted octanol–water partition coefficient (Wildman–Crippen LogP) is 24.0. The highest BCUT2D eigenvalue weighted by Gasteiger charge is 2.30. The summed E-state index contributed by atoms with van der Waals surface area (Å²) >= 11 is 0. The van der Waals surface area contributed by atoms with Gasteiger partial charge in [-0.25, -0.2) is 9.13 Å². The van der Waals surface area contributed by atoms with Crippen LogP contribution in [0.3, 0.4) is 0 Å². The molecule has 19 heteroatoms. The third kappa shape index (κ3) is 73.0. The van der Waals surface area contributed by atoms with Crippen molar-refractivity contribution in [1.82, 2.24) is 0 Å². The first-order valence-electron chi connectivity index (χ1n) is 41.7. The van der Waals surface area contributed by atoms with Crippen LogP contribution in [0, 0.1) is 23.7 Å². The summed E-state index contributed by atoms with van der Waals surface area (Å²) in [6, 6.07) is 0. The molecular formula is C81H158O17P2. The van der Waals surface area contributed by atoms with Crippen molar-refractivity contribution in [3.8, 4) is 0 Å². The number of phosphoric ester groups is 2. The Bertz CT molecular complexity index is 1960. The Hall–Kier alpha value is -1.94. The molecular weight excluding hydrogens is 1310 g/mol. The van der Waals surface area contributed by atoms with E-state index in [1.165, 1.54) is 212 Å². The summed E-state index contributed by atoms with van der Waals surface area (Å²) in [4.78, 5) is 73.0. The average molecular weight is 1470 g/mol. The summed E-state index contributed by atoms with van der Waals surface area (Å²) in [6.07, 6.45) is 56.9. The second-order valence-electron chi connectivity index (χ2n) is 30.8. The lowest BCUT2D eigenvalue weighted by Crippen LogP contribution is -2.30. The van der Waals surface area contributed by atoms with E-state index in [9.17, 15) is 43.2 Å². The molecule has 0 aliphatic heterocycles. The number of phosphoric acid groups is 2. The number of aliphatic hydroxyl groups excluding tert-OH is 1. The summed E-state index contributed by atoms with van der Waals surface area (Å²) in [7, 11) is -9.92. The maximum Gasteiger partial charge on any atom is 0.472 e. The average Bonchev–Trinajstić information content (AvgIpc) is 0.934. The fraction of sp³-hybridized carbons (Fsp3) is 0.951. The summed E-state index contributed by atoms with van der Waals surface area (Å²) in [5, 5.41) is 10.6. The first-order chi connectivity index (χ1) is 48.1. The Morgan fingerprint density at radius 1 is 0.280 bits per heavy atom. The van der Waals surface area contributed by atoms with Crippen LogP contribution in [0.5, 0.6) is 0 Å². The van der Waals surface area contributed by atoms with Gasteiger partial charge >= 0.3 is 39.5 Å². The lowest BCUT2D eigenvalue weighted by molar-refractivity contribution is -0.161. The molecule has 0 spiro atoms. The van der Waals surface area contributed by atoms with Crippen LogP contribution < -0.4 is 0 Å². The molecule has 0 aromatic carbocycles. The van der Waals surface area contributed by atoms with Gasteiger partial charge in [0.25, 0.3) is 0 Å². The second-order valence-corrected chi connectivity index (χ2v) is 33.7. The molecule has 0 fully saturated rings. The van der Waals surface area contributed by atoms with Crippen molar-refractivity contribution in [2.75, 3.05) is 39.6 Å². The van der Waals surface area contributed by atoms with Crippen molar-refractivity contribution >= 4 is 39.5 Å². The molecule has 0 radical (unpaired) electrons. The molecule has 0 bridgehead atoms. The van der Waals surface area contributed by atoms with Crippen molar-refractivity contribution in [2.45, 2.75) is 433 Å². The second kappa shape index (κ2) is 70.1. The van der Waals surface area contributed by atoms with E-state index < -0.39 is 97.5 Å². The molecule has 0 rings (SSSR count). The van der Waals surface area contributed by atoms with Crippen LogP contribution in [0.2, 0.25) is 0 Å². The normalized spacial score (nSPS) is 14.3. The Morgan fingerprint density at radius 2 is 0.480 bits per heavy atom. The third-order valence-corrected chi connectivity index (χ3v) is 21.1. The molecule has 0 aromatic heterocycles. The summed E-state index contributed by atoms with van der Waals surface area (Å²) < 4.78 is 68.7. The quantitative estimate of drug-likeness (QED) is 0.0222. The van der Waals surface area contributed by atoms with E-state index in [-0.39, 0.29) is 25.7 Å². The zero-order chi connectivity index (χ0) is 73.8. The summed E-state index contributed by atoms with van der Waals surface area (Å²) in [5.74, 6) is 0.996. The topological polar surface area (TPSA) is 237 Å². The molecule has 0 aliphatic rings.